The number of aromatic nitrogens is 2. The Kier molecular flexibility index (Phi) is 2.15. The molecule has 6 heteroatoms. The normalized spacial score (nSPS) is 11.8. The molecule has 1 aromatic heterocycles. The molecule has 0 N–H and O–H groups in total. The van der Waals surface area contributed by atoms with Crippen molar-refractivity contribution in [3.63, 3.8) is 0 Å². The zero-order chi connectivity index (χ0) is 10.2. The lowest BCUT2D eigenvalue weighted by Gasteiger charge is -2.08. The lowest BCUT2D eigenvalue weighted by Crippen LogP contribution is -2.24. The molecule has 3 nitrogen and oxygen atoms in total. The van der Waals surface area contributed by atoms with Gasteiger partial charge in [0.1, 0.15) is 0 Å². The Bertz CT molecular complexity index is 380. The Morgan fingerprint density at radius 2 is 2.00 bits per heavy atom. The van der Waals surface area contributed by atoms with Crippen LogP contribution >= 0.6 is 0 Å². The Balaban J connectivity index is 3.41. The highest BCUT2D eigenvalue weighted by Crippen LogP contribution is 2.29. The molecule has 0 saturated heterocycles. The van der Waals surface area contributed by atoms with Crippen LogP contribution in [-0.2, 0) is 13.2 Å². The number of alkyl halides is 3. The molecular weight excluding hydrogens is 185 g/mol. The van der Waals surface area contributed by atoms with Crippen LogP contribution in [0.25, 0.3) is 0 Å². The van der Waals surface area contributed by atoms with Crippen molar-refractivity contribution in [1.29, 1.82) is 0 Å². The highest BCUT2D eigenvalue weighted by Gasteiger charge is 2.33. The highest BCUT2D eigenvalue weighted by molar-refractivity contribution is 5.19. The van der Waals surface area contributed by atoms with Gasteiger partial charge in [-0.25, -0.2) is 4.68 Å². The third kappa shape index (κ3) is 1.88. The fraction of sp³-hybridized carbons (Fsp3) is 0.429. The summed E-state index contributed by atoms with van der Waals surface area (Å²) in [6, 6.07) is 0.544. The van der Waals surface area contributed by atoms with Crippen molar-refractivity contribution in [3.8, 4) is 0 Å². The minimum atomic E-state index is -4.51. The molecule has 0 aliphatic heterocycles. The fourth-order valence-electron chi connectivity index (χ4n) is 0.936. The topological polar surface area (TPSA) is 34.9 Å². The molecule has 0 aliphatic rings. The molecule has 0 unspecified atom stereocenters. The molecule has 0 radical (unpaired) electrons. The number of aryl methyl sites for hydroxylation is 2. The number of halogens is 3. The molecule has 1 aromatic rings. The smallest absolute Gasteiger partial charge is 0.268 e. The van der Waals surface area contributed by atoms with E-state index in [-0.39, 0.29) is 5.69 Å². The molecule has 0 bridgehead atoms. The van der Waals surface area contributed by atoms with Crippen LogP contribution in [0.5, 0.6) is 0 Å². The average molecular weight is 192 g/mol. The Morgan fingerprint density at radius 3 is 2.46 bits per heavy atom. The minimum Gasteiger partial charge on any atom is -0.268 e. The van der Waals surface area contributed by atoms with Crippen LogP contribution in [-0.4, -0.2) is 9.78 Å². The molecule has 0 aromatic carbocycles. The molecule has 0 fully saturated rings. The zero-order valence-corrected chi connectivity index (χ0v) is 7.01. The minimum absolute atomic E-state index is 0.199. The van der Waals surface area contributed by atoms with Gasteiger partial charge in [-0.15, -0.1) is 0 Å². The summed E-state index contributed by atoms with van der Waals surface area (Å²) in [4.78, 5) is 10.8. The first-order valence-electron chi connectivity index (χ1n) is 3.44. The highest BCUT2D eigenvalue weighted by atomic mass is 19.4. The summed E-state index contributed by atoms with van der Waals surface area (Å²) in [5.74, 6) is 0. The molecule has 13 heavy (non-hydrogen) atoms. The maximum absolute atomic E-state index is 12.2. The van der Waals surface area contributed by atoms with Crippen LogP contribution in [0, 0.1) is 6.92 Å². The Labute approximate surface area is 71.8 Å². The molecule has 0 spiro atoms. The molecule has 0 atom stereocenters. The van der Waals surface area contributed by atoms with E-state index in [0.717, 1.165) is 4.68 Å². The van der Waals surface area contributed by atoms with Crippen molar-refractivity contribution in [2.24, 2.45) is 7.05 Å². The van der Waals surface area contributed by atoms with E-state index < -0.39 is 17.3 Å². The van der Waals surface area contributed by atoms with E-state index in [9.17, 15) is 18.0 Å². The zero-order valence-electron chi connectivity index (χ0n) is 7.01. The molecule has 72 valence electrons. The van der Waals surface area contributed by atoms with Gasteiger partial charge < -0.3 is 0 Å². The van der Waals surface area contributed by atoms with Gasteiger partial charge in [-0.1, -0.05) is 0 Å². The Hall–Kier alpha value is -1.33. The van der Waals surface area contributed by atoms with Gasteiger partial charge in [0.25, 0.3) is 5.56 Å². The van der Waals surface area contributed by atoms with Crippen molar-refractivity contribution < 1.29 is 13.2 Å². The first-order valence-corrected chi connectivity index (χ1v) is 3.44. The molecular formula is C7H7F3N2O. The average Bonchev–Trinajstić information content (AvgIpc) is 1.94. The van der Waals surface area contributed by atoms with E-state index >= 15 is 0 Å². The molecule has 0 saturated carbocycles. The molecule has 1 heterocycles. The van der Waals surface area contributed by atoms with Crippen molar-refractivity contribution >= 4 is 0 Å². The quantitative estimate of drug-likeness (QED) is 0.617. The van der Waals surface area contributed by atoms with Gasteiger partial charge in [0, 0.05) is 13.1 Å². The van der Waals surface area contributed by atoms with Gasteiger partial charge in [-0.05, 0) is 6.92 Å². The largest absolute Gasteiger partial charge is 0.418 e. The van der Waals surface area contributed by atoms with E-state index in [0.29, 0.717) is 6.07 Å². The first kappa shape index (κ1) is 9.76. The summed E-state index contributed by atoms with van der Waals surface area (Å²) in [5, 5.41) is 3.42. The first-order chi connectivity index (χ1) is 5.82. The fourth-order valence-corrected chi connectivity index (χ4v) is 0.936. The summed E-state index contributed by atoms with van der Waals surface area (Å²) in [6.07, 6.45) is -4.51. The maximum atomic E-state index is 12.2. The number of nitrogens with zero attached hydrogens (tertiary/aromatic N) is 2. The van der Waals surface area contributed by atoms with Crippen molar-refractivity contribution in [2.75, 3.05) is 0 Å². The van der Waals surface area contributed by atoms with E-state index in [1.165, 1.54) is 14.0 Å². The number of hydrogen-bond acceptors (Lipinski definition) is 2. The monoisotopic (exact) mass is 192 g/mol. The van der Waals surface area contributed by atoms with Crippen LogP contribution in [0.4, 0.5) is 13.2 Å². The van der Waals surface area contributed by atoms with Gasteiger partial charge in [0.05, 0.1) is 11.3 Å². The third-order valence-corrected chi connectivity index (χ3v) is 1.58. The number of rotatable bonds is 0. The lowest BCUT2D eigenvalue weighted by atomic mass is 10.2. The van der Waals surface area contributed by atoms with Gasteiger partial charge >= 0.3 is 6.18 Å². The molecule has 0 aliphatic carbocycles. The van der Waals surface area contributed by atoms with Gasteiger partial charge in [0.2, 0.25) is 0 Å². The van der Waals surface area contributed by atoms with Crippen molar-refractivity contribution in [1.82, 2.24) is 9.78 Å². The van der Waals surface area contributed by atoms with Crippen LogP contribution < -0.4 is 5.56 Å². The maximum Gasteiger partial charge on any atom is 0.418 e. The molecule has 0 amide bonds. The number of hydrogen-bond donors (Lipinski definition) is 0. The van der Waals surface area contributed by atoms with Crippen LogP contribution in [0.2, 0.25) is 0 Å². The van der Waals surface area contributed by atoms with Gasteiger partial charge in [-0.3, -0.25) is 4.79 Å². The summed E-state index contributed by atoms with van der Waals surface area (Å²) in [5.41, 5.74) is -1.94. The van der Waals surface area contributed by atoms with E-state index in [1.807, 2.05) is 0 Å². The Morgan fingerprint density at radius 1 is 1.46 bits per heavy atom. The third-order valence-electron chi connectivity index (χ3n) is 1.58. The summed E-state index contributed by atoms with van der Waals surface area (Å²) < 4.78 is 37.4. The van der Waals surface area contributed by atoms with Crippen LogP contribution in [0.1, 0.15) is 11.3 Å². The van der Waals surface area contributed by atoms with E-state index in [1.54, 1.807) is 0 Å². The predicted octanol–water partition coefficient (Wildman–Crippen LogP) is 1.11. The standard InChI is InChI=1S/C7H7F3N2O/c1-4-5(7(8,9)10)3-6(13)12(2)11-4/h3H,1-2H3. The van der Waals surface area contributed by atoms with Gasteiger partial charge in [0.15, 0.2) is 0 Å². The van der Waals surface area contributed by atoms with Gasteiger partial charge in [-0.2, -0.15) is 18.3 Å². The van der Waals surface area contributed by atoms with Crippen LogP contribution in [0.15, 0.2) is 10.9 Å². The van der Waals surface area contributed by atoms with Crippen molar-refractivity contribution in [2.45, 2.75) is 13.1 Å². The SMILES string of the molecule is Cc1nn(C)c(=O)cc1C(F)(F)F. The lowest BCUT2D eigenvalue weighted by molar-refractivity contribution is -0.138. The summed E-state index contributed by atoms with van der Waals surface area (Å²) in [6.45, 7) is 1.21. The second-order valence-corrected chi connectivity index (χ2v) is 2.60. The van der Waals surface area contributed by atoms with E-state index in [2.05, 4.69) is 5.10 Å². The van der Waals surface area contributed by atoms with E-state index in [4.69, 9.17) is 0 Å². The van der Waals surface area contributed by atoms with Crippen molar-refractivity contribution in [3.05, 3.63) is 27.7 Å². The second-order valence-electron chi connectivity index (χ2n) is 2.60. The summed E-state index contributed by atoms with van der Waals surface area (Å²) >= 11 is 0. The summed E-state index contributed by atoms with van der Waals surface area (Å²) in [7, 11) is 1.30. The second kappa shape index (κ2) is 2.86. The van der Waals surface area contributed by atoms with Crippen LogP contribution in [0.3, 0.4) is 0 Å². The predicted molar refractivity (Wildman–Crippen MR) is 39.2 cm³/mol. The molecule has 1 rings (SSSR count).